The lowest BCUT2D eigenvalue weighted by Gasteiger charge is -2.35. The van der Waals surface area contributed by atoms with Crippen molar-refractivity contribution in [2.75, 3.05) is 20.7 Å². The summed E-state index contributed by atoms with van der Waals surface area (Å²) in [5, 5.41) is 3.35. The molecule has 1 N–H and O–H groups in total. The molecule has 18 heavy (non-hydrogen) atoms. The zero-order valence-corrected chi connectivity index (χ0v) is 12.7. The molecular weight excluding hydrogens is 222 g/mol. The summed E-state index contributed by atoms with van der Waals surface area (Å²) in [4.78, 5) is 0. The molecule has 0 saturated heterocycles. The first-order chi connectivity index (χ1) is 8.54. The third-order valence-corrected chi connectivity index (χ3v) is 4.06. The number of likely N-dealkylation sites (N-methyl/N-ethyl adjacent to an activating group) is 1. The maximum atomic E-state index is 5.64. The van der Waals surface area contributed by atoms with Crippen LogP contribution in [0.1, 0.15) is 43.4 Å². The monoisotopic (exact) mass is 249 g/mol. The molecule has 0 aliphatic rings. The Morgan fingerprint density at radius 3 is 2.22 bits per heavy atom. The van der Waals surface area contributed by atoms with Crippen molar-refractivity contribution in [3.8, 4) is 5.75 Å². The quantitative estimate of drug-likeness (QED) is 0.832. The van der Waals surface area contributed by atoms with Gasteiger partial charge in [-0.05, 0) is 50.9 Å². The second-order valence-corrected chi connectivity index (χ2v) is 5.18. The van der Waals surface area contributed by atoms with Crippen molar-refractivity contribution in [2.45, 2.75) is 46.0 Å². The zero-order valence-electron chi connectivity index (χ0n) is 12.7. The molecule has 0 bridgehead atoms. The second-order valence-electron chi connectivity index (χ2n) is 5.18. The van der Waals surface area contributed by atoms with Gasteiger partial charge in [-0.2, -0.15) is 0 Å². The molecule has 102 valence electrons. The fourth-order valence-electron chi connectivity index (χ4n) is 3.05. The minimum atomic E-state index is 0.165. The van der Waals surface area contributed by atoms with E-state index in [0.29, 0.717) is 0 Å². The van der Waals surface area contributed by atoms with E-state index in [1.54, 1.807) is 7.11 Å². The first-order valence-corrected chi connectivity index (χ1v) is 6.85. The van der Waals surface area contributed by atoms with Crippen molar-refractivity contribution in [3.63, 3.8) is 0 Å². The zero-order chi connectivity index (χ0) is 13.8. The lowest BCUT2D eigenvalue weighted by Crippen LogP contribution is -2.36. The van der Waals surface area contributed by atoms with Crippen LogP contribution in [0.25, 0.3) is 0 Å². The molecule has 0 heterocycles. The molecule has 0 radical (unpaired) electrons. The summed E-state index contributed by atoms with van der Waals surface area (Å²) in [6.07, 6.45) is 2.23. The average molecular weight is 249 g/mol. The van der Waals surface area contributed by atoms with Crippen LogP contribution in [0.2, 0.25) is 0 Å². The fourth-order valence-corrected chi connectivity index (χ4v) is 3.05. The number of hydrogen-bond acceptors (Lipinski definition) is 2. The molecule has 1 aromatic carbocycles. The molecule has 1 rings (SSSR count). The molecule has 0 spiro atoms. The molecule has 0 saturated carbocycles. The van der Waals surface area contributed by atoms with Crippen LogP contribution in [0, 0.1) is 13.8 Å². The van der Waals surface area contributed by atoms with E-state index < -0.39 is 0 Å². The molecule has 0 aliphatic carbocycles. The number of methoxy groups -OCH3 is 1. The van der Waals surface area contributed by atoms with Gasteiger partial charge in [-0.25, -0.2) is 0 Å². The molecular formula is C16H27NO. The van der Waals surface area contributed by atoms with Crippen molar-refractivity contribution < 1.29 is 4.74 Å². The summed E-state index contributed by atoms with van der Waals surface area (Å²) in [6, 6.07) is 4.41. The molecule has 2 heteroatoms. The molecule has 2 nitrogen and oxygen atoms in total. The van der Waals surface area contributed by atoms with Crippen molar-refractivity contribution in [1.82, 2.24) is 5.32 Å². The van der Waals surface area contributed by atoms with E-state index in [0.717, 1.165) is 25.1 Å². The maximum absolute atomic E-state index is 5.64. The molecule has 0 atom stereocenters. The number of ether oxygens (including phenoxy) is 1. The van der Waals surface area contributed by atoms with E-state index in [2.05, 4.69) is 45.1 Å². The number of rotatable bonds is 6. The van der Waals surface area contributed by atoms with Crippen LogP contribution in [0.15, 0.2) is 12.1 Å². The van der Waals surface area contributed by atoms with Gasteiger partial charge < -0.3 is 10.1 Å². The van der Waals surface area contributed by atoms with Crippen LogP contribution in [0.5, 0.6) is 5.75 Å². The van der Waals surface area contributed by atoms with Gasteiger partial charge >= 0.3 is 0 Å². The van der Waals surface area contributed by atoms with Crippen molar-refractivity contribution >= 4 is 0 Å². The van der Waals surface area contributed by atoms with Crippen LogP contribution in [-0.2, 0) is 5.41 Å². The van der Waals surface area contributed by atoms with Gasteiger partial charge in [0.2, 0.25) is 0 Å². The molecule has 0 aliphatic heterocycles. The largest absolute Gasteiger partial charge is 0.496 e. The fraction of sp³-hybridized carbons (Fsp3) is 0.625. The highest BCUT2D eigenvalue weighted by Crippen LogP contribution is 2.40. The van der Waals surface area contributed by atoms with Crippen molar-refractivity contribution in [1.29, 1.82) is 0 Å². The van der Waals surface area contributed by atoms with Gasteiger partial charge in [0.25, 0.3) is 0 Å². The summed E-state index contributed by atoms with van der Waals surface area (Å²) in [5.41, 5.74) is 4.14. The summed E-state index contributed by atoms with van der Waals surface area (Å²) in [5.74, 6) is 1.03. The minimum absolute atomic E-state index is 0.165. The van der Waals surface area contributed by atoms with Gasteiger partial charge in [-0.3, -0.25) is 0 Å². The lowest BCUT2D eigenvalue weighted by atomic mass is 9.73. The highest BCUT2D eigenvalue weighted by molar-refractivity contribution is 5.48. The minimum Gasteiger partial charge on any atom is -0.496 e. The second kappa shape index (κ2) is 6.24. The molecule has 0 unspecified atom stereocenters. The molecule has 0 aromatic heterocycles. The van der Waals surface area contributed by atoms with Crippen LogP contribution < -0.4 is 10.1 Å². The normalized spacial score (nSPS) is 11.7. The van der Waals surface area contributed by atoms with Crippen LogP contribution in [0.4, 0.5) is 0 Å². The predicted molar refractivity (Wildman–Crippen MR) is 78.7 cm³/mol. The topological polar surface area (TPSA) is 21.3 Å². The van der Waals surface area contributed by atoms with Gasteiger partial charge in [0.05, 0.1) is 7.11 Å². The van der Waals surface area contributed by atoms with Crippen LogP contribution in [-0.4, -0.2) is 20.7 Å². The van der Waals surface area contributed by atoms with E-state index in [9.17, 15) is 0 Å². The first kappa shape index (κ1) is 15.0. The van der Waals surface area contributed by atoms with Crippen molar-refractivity contribution in [2.24, 2.45) is 0 Å². The van der Waals surface area contributed by atoms with Crippen LogP contribution in [0.3, 0.4) is 0 Å². The number of hydrogen-bond donors (Lipinski definition) is 1. The lowest BCUT2D eigenvalue weighted by molar-refractivity contribution is 0.345. The third kappa shape index (κ3) is 2.69. The summed E-state index contributed by atoms with van der Waals surface area (Å²) in [6.45, 7) is 9.83. The summed E-state index contributed by atoms with van der Waals surface area (Å²) < 4.78 is 5.64. The molecule has 0 fully saturated rings. The number of benzene rings is 1. The Hall–Kier alpha value is -1.02. The first-order valence-electron chi connectivity index (χ1n) is 6.85. The number of aryl methyl sites for hydroxylation is 2. The average Bonchev–Trinajstić information content (AvgIpc) is 2.36. The Balaban J connectivity index is 3.44. The third-order valence-electron chi connectivity index (χ3n) is 4.06. The van der Waals surface area contributed by atoms with Crippen LogP contribution >= 0.6 is 0 Å². The highest BCUT2D eigenvalue weighted by atomic mass is 16.5. The maximum Gasteiger partial charge on any atom is 0.123 e. The summed E-state index contributed by atoms with van der Waals surface area (Å²) in [7, 11) is 3.79. The Morgan fingerprint density at radius 2 is 1.78 bits per heavy atom. The Labute approximate surface area is 112 Å². The van der Waals surface area contributed by atoms with Gasteiger partial charge in [0.1, 0.15) is 5.75 Å². The number of nitrogens with one attached hydrogen (secondary N) is 1. The van der Waals surface area contributed by atoms with Gasteiger partial charge in [-0.1, -0.05) is 19.9 Å². The van der Waals surface area contributed by atoms with Gasteiger partial charge in [0.15, 0.2) is 0 Å². The van der Waals surface area contributed by atoms with Gasteiger partial charge in [0, 0.05) is 17.5 Å². The van der Waals surface area contributed by atoms with E-state index in [1.165, 1.54) is 16.7 Å². The standard InChI is InChI=1S/C16H27NO/c1-7-16(8-2,11-17-5)15-13(4)9-12(3)10-14(15)18-6/h9-10,17H,7-8,11H2,1-6H3. The molecule has 0 amide bonds. The Bertz CT molecular complexity index is 394. The Kier molecular flexibility index (Phi) is 5.21. The van der Waals surface area contributed by atoms with E-state index >= 15 is 0 Å². The van der Waals surface area contributed by atoms with E-state index in [-0.39, 0.29) is 5.41 Å². The van der Waals surface area contributed by atoms with Gasteiger partial charge in [-0.15, -0.1) is 0 Å². The SMILES string of the molecule is CCC(CC)(CNC)c1c(C)cc(C)cc1OC. The summed E-state index contributed by atoms with van der Waals surface area (Å²) >= 11 is 0. The van der Waals surface area contributed by atoms with E-state index in [4.69, 9.17) is 4.74 Å². The predicted octanol–water partition coefficient (Wildman–Crippen LogP) is 3.59. The van der Waals surface area contributed by atoms with Crippen molar-refractivity contribution in [3.05, 3.63) is 28.8 Å². The molecule has 1 aromatic rings. The highest BCUT2D eigenvalue weighted by Gasteiger charge is 2.32. The van der Waals surface area contributed by atoms with E-state index in [1.807, 2.05) is 7.05 Å². The Morgan fingerprint density at radius 1 is 1.17 bits per heavy atom. The smallest absolute Gasteiger partial charge is 0.123 e.